The van der Waals surface area contributed by atoms with Gasteiger partial charge in [-0.2, -0.15) is 0 Å². The van der Waals surface area contributed by atoms with Crippen molar-refractivity contribution in [3.8, 4) is 23.0 Å². The average molecular weight is 450 g/mol. The molecule has 0 spiro atoms. The molecule has 0 aliphatic carbocycles. The van der Waals surface area contributed by atoms with Crippen molar-refractivity contribution in [2.24, 2.45) is 0 Å². The topological polar surface area (TPSA) is 86.5 Å². The number of hydrogen-bond acceptors (Lipinski definition) is 7. The van der Waals surface area contributed by atoms with E-state index in [0.29, 0.717) is 28.2 Å². The van der Waals surface area contributed by atoms with Crippen molar-refractivity contribution < 1.29 is 18.7 Å². The summed E-state index contributed by atoms with van der Waals surface area (Å²) in [6.45, 7) is 0. The van der Waals surface area contributed by atoms with Gasteiger partial charge in [0.1, 0.15) is 11.5 Å². The normalized spacial score (nSPS) is 10.5. The molecule has 3 aromatic rings. The summed E-state index contributed by atoms with van der Waals surface area (Å²) < 4.78 is 17.1. The Morgan fingerprint density at radius 1 is 1.15 bits per heavy atom. The largest absolute Gasteiger partial charge is 0.497 e. The number of aromatic nitrogens is 2. The number of hydrogen-bond donors (Lipinski definition) is 1. The first kappa shape index (κ1) is 19.2. The monoisotopic (exact) mass is 449 g/mol. The van der Waals surface area contributed by atoms with Crippen LogP contribution in [-0.4, -0.2) is 36.1 Å². The van der Waals surface area contributed by atoms with Crippen molar-refractivity contribution in [2.45, 2.75) is 5.22 Å². The van der Waals surface area contributed by atoms with Crippen molar-refractivity contribution in [3.05, 3.63) is 46.9 Å². The lowest BCUT2D eigenvalue weighted by atomic mass is 10.2. The van der Waals surface area contributed by atoms with E-state index in [4.69, 9.17) is 13.9 Å². The lowest BCUT2D eigenvalue weighted by Gasteiger charge is -2.07. The van der Waals surface area contributed by atoms with Crippen molar-refractivity contribution in [2.75, 3.05) is 25.3 Å². The molecule has 9 heteroatoms. The van der Waals surface area contributed by atoms with E-state index in [1.807, 2.05) is 24.3 Å². The van der Waals surface area contributed by atoms with E-state index in [-0.39, 0.29) is 11.7 Å². The van der Waals surface area contributed by atoms with Crippen LogP contribution in [-0.2, 0) is 4.79 Å². The number of nitrogens with zero attached hydrogens (tertiary/aromatic N) is 2. The van der Waals surface area contributed by atoms with Gasteiger partial charge < -0.3 is 19.2 Å². The number of ether oxygens (including phenoxy) is 2. The van der Waals surface area contributed by atoms with Crippen LogP contribution in [0, 0.1) is 0 Å². The predicted molar refractivity (Wildman–Crippen MR) is 106 cm³/mol. The summed E-state index contributed by atoms with van der Waals surface area (Å²) in [7, 11) is 3.13. The third-order valence-corrected chi connectivity index (χ3v) is 4.85. The fourth-order valence-electron chi connectivity index (χ4n) is 2.22. The highest BCUT2D eigenvalue weighted by Gasteiger charge is 2.16. The Balaban J connectivity index is 1.64. The van der Waals surface area contributed by atoms with Gasteiger partial charge in [0, 0.05) is 10.2 Å². The highest BCUT2D eigenvalue weighted by molar-refractivity contribution is 9.10. The van der Waals surface area contributed by atoms with E-state index in [9.17, 15) is 4.79 Å². The van der Waals surface area contributed by atoms with Gasteiger partial charge in [-0.1, -0.05) is 27.7 Å². The van der Waals surface area contributed by atoms with Gasteiger partial charge in [0.15, 0.2) is 0 Å². The Kier molecular flexibility index (Phi) is 6.36. The second kappa shape index (κ2) is 8.92. The minimum atomic E-state index is -0.166. The summed E-state index contributed by atoms with van der Waals surface area (Å²) in [5.74, 6) is 1.51. The number of halogens is 1. The molecule has 1 N–H and O–H groups in total. The van der Waals surface area contributed by atoms with E-state index in [0.717, 1.165) is 21.9 Å². The highest BCUT2D eigenvalue weighted by atomic mass is 79.9. The summed E-state index contributed by atoms with van der Waals surface area (Å²) in [5, 5.41) is 11.1. The smallest absolute Gasteiger partial charge is 0.277 e. The fourth-order valence-corrected chi connectivity index (χ4v) is 3.04. The number of rotatable bonds is 7. The van der Waals surface area contributed by atoms with Crippen LogP contribution in [0.5, 0.6) is 11.5 Å². The number of nitrogens with one attached hydrogen (secondary N) is 1. The number of anilines is 1. The number of amides is 1. The first-order valence-electron chi connectivity index (χ1n) is 7.83. The molecule has 7 nitrogen and oxygen atoms in total. The molecule has 0 saturated carbocycles. The standard InChI is InChI=1S/C18H16BrN3O4S/c1-24-13-7-8-15(25-2)14(9-13)17-21-22-18(26-17)27-10-16(23)20-12-5-3-11(19)4-6-12/h3-9H,10H2,1-2H3,(H,20,23). The van der Waals surface area contributed by atoms with Crippen molar-refractivity contribution >= 4 is 39.3 Å². The maximum atomic E-state index is 12.1. The summed E-state index contributed by atoms with van der Waals surface area (Å²) in [6, 6.07) is 12.6. The summed E-state index contributed by atoms with van der Waals surface area (Å²) in [5.41, 5.74) is 1.34. The number of thioether (sulfide) groups is 1. The average Bonchev–Trinajstić information content (AvgIpc) is 3.16. The number of methoxy groups -OCH3 is 2. The number of carbonyl (C=O) groups excluding carboxylic acids is 1. The minimum Gasteiger partial charge on any atom is -0.497 e. The van der Waals surface area contributed by atoms with Gasteiger partial charge in [-0.05, 0) is 42.5 Å². The van der Waals surface area contributed by atoms with Gasteiger partial charge in [0.2, 0.25) is 5.91 Å². The van der Waals surface area contributed by atoms with Gasteiger partial charge in [-0.15, -0.1) is 10.2 Å². The molecule has 0 fully saturated rings. The third-order valence-electron chi connectivity index (χ3n) is 3.50. The molecule has 0 aliphatic rings. The SMILES string of the molecule is COc1ccc(OC)c(-c2nnc(SCC(=O)Nc3ccc(Br)cc3)o2)c1. The van der Waals surface area contributed by atoms with E-state index < -0.39 is 0 Å². The second-order valence-electron chi connectivity index (χ2n) is 5.28. The summed E-state index contributed by atoms with van der Waals surface area (Å²) >= 11 is 4.51. The Hall–Kier alpha value is -2.52. The van der Waals surface area contributed by atoms with Crippen LogP contribution in [0.1, 0.15) is 0 Å². The van der Waals surface area contributed by atoms with Gasteiger partial charge in [-0.3, -0.25) is 4.79 Å². The zero-order chi connectivity index (χ0) is 19.2. The molecule has 1 aromatic heterocycles. The molecule has 2 aromatic carbocycles. The molecule has 1 amide bonds. The first-order chi connectivity index (χ1) is 13.1. The molecule has 0 bridgehead atoms. The van der Waals surface area contributed by atoms with Crippen LogP contribution < -0.4 is 14.8 Å². The molecule has 0 atom stereocenters. The second-order valence-corrected chi connectivity index (χ2v) is 7.13. The zero-order valence-electron chi connectivity index (χ0n) is 14.6. The number of benzene rings is 2. The van der Waals surface area contributed by atoms with Crippen LogP contribution in [0.4, 0.5) is 5.69 Å². The minimum absolute atomic E-state index is 0.146. The van der Waals surface area contributed by atoms with Crippen molar-refractivity contribution in [1.29, 1.82) is 0 Å². The maximum absolute atomic E-state index is 12.1. The van der Waals surface area contributed by atoms with Gasteiger partial charge in [0.05, 0.1) is 25.5 Å². The zero-order valence-corrected chi connectivity index (χ0v) is 17.0. The van der Waals surface area contributed by atoms with Crippen LogP contribution in [0.3, 0.4) is 0 Å². The molecular formula is C18H16BrN3O4S. The van der Waals surface area contributed by atoms with Gasteiger partial charge in [0.25, 0.3) is 11.1 Å². The molecule has 0 aliphatic heterocycles. The first-order valence-corrected chi connectivity index (χ1v) is 9.61. The molecule has 3 rings (SSSR count). The number of carbonyl (C=O) groups is 1. The maximum Gasteiger partial charge on any atom is 0.277 e. The quantitative estimate of drug-likeness (QED) is 0.539. The van der Waals surface area contributed by atoms with Crippen molar-refractivity contribution in [1.82, 2.24) is 10.2 Å². The fraction of sp³-hybridized carbons (Fsp3) is 0.167. The Morgan fingerprint density at radius 3 is 2.63 bits per heavy atom. The summed E-state index contributed by atoms with van der Waals surface area (Å²) in [6.07, 6.45) is 0. The van der Waals surface area contributed by atoms with Crippen LogP contribution in [0.2, 0.25) is 0 Å². The molecule has 1 heterocycles. The Morgan fingerprint density at radius 2 is 1.93 bits per heavy atom. The Labute approximate surface area is 168 Å². The molecular weight excluding hydrogens is 434 g/mol. The van der Waals surface area contributed by atoms with Crippen LogP contribution in [0.25, 0.3) is 11.5 Å². The summed E-state index contributed by atoms with van der Waals surface area (Å²) in [4.78, 5) is 12.1. The van der Waals surface area contributed by atoms with Gasteiger partial charge >= 0.3 is 0 Å². The molecule has 140 valence electrons. The predicted octanol–water partition coefficient (Wildman–Crippen LogP) is 4.25. The molecule has 0 saturated heterocycles. The van der Waals surface area contributed by atoms with E-state index in [1.165, 1.54) is 0 Å². The molecule has 0 radical (unpaired) electrons. The van der Waals surface area contributed by atoms with Crippen LogP contribution in [0.15, 0.2) is 56.6 Å². The van der Waals surface area contributed by atoms with Crippen molar-refractivity contribution in [3.63, 3.8) is 0 Å². The lowest BCUT2D eigenvalue weighted by Crippen LogP contribution is -2.13. The van der Waals surface area contributed by atoms with E-state index in [2.05, 4.69) is 31.4 Å². The molecule has 27 heavy (non-hydrogen) atoms. The lowest BCUT2D eigenvalue weighted by molar-refractivity contribution is -0.113. The van der Waals surface area contributed by atoms with E-state index in [1.54, 1.807) is 32.4 Å². The Bertz CT molecular complexity index is 931. The van der Waals surface area contributed by atoms with E-state index >= 15 is 0 Å². The molecule has 0 unspecified atom stereocenters. The highest BCUT2D eigenvalue weighted by Crippen LogP contribution is 2.33. The van der Waals surface area contributed by atoms with Crippen LogP contribution >= 0.6 is 27.7 Å². The van der Waals surface area contributed by atoms with Gasteiger partial charge in [-0.25, -0.2) is 0 Å². The third kappa shape index (κ3) is 5.01.